The predicted molar refractivity (Wildman–Crippen MR) is 53.9 cm³/mol. The van der Waals surface area contributed by atoms with Crippen molar-refractivity contribution >= 4 is 21.2 Å². The van der Waals surface area contributed by atoms with E-state index in [4.69, 9.17) is 0 Å². The highest BCUT2D eigenvalue weighted by molar-refractivity contribution is 7.93. The summed E-state index contributed by atoms with van der Waals surface area (Å²) < 4.78 is 23.6. The number of sulfone groups is 1. The highest BCUT2D eigenvalue weighted by atomic mass is 32.2. The molecule has 1 aromatic heterocycles. The number of thiazole rings is 1. The minimum atomic E-state index is -3.07. The smallest absolute Gasteiger partial charge is 0.189 e. The van der Waals surface area contributed by atoms with Crippen molar-refractivity contribution in [1.29, 1.82) is 0 Å². The second-order valence-electron chi connectivity index (χ2n) is 3.08. The number of nitrogens with zero attached hydrogens (tertiary/aromatic N) is 1. The minimum absolute atomic E-state index is 0.148. The normalized spacial score (nSPS) is 12.3. The van der Waals surface area contributed by atoms with Gasteiger partial charge in [-0.2, -0.15) is 0 Å². The molecule has 1 rings (SSSR count). The summed E-state index contributed by atoms with van der Waals surface area (Å²) in [6.45, 7) is 5.55. The first-order valence-electron chi connectivity index (χ1n) is 4.15. The molecule has 0 N–H and O–H groups in total. The van der Waals surface area contributed by atoms with Crippen molar-refractivity contribution in [3.05, 3.63) is 11.2 Å². The zero-order chi connectivity index (χ0) is 10.1. The number of rotatable bonds is 3. The second kappa shape index (κ2) is 3.75. The van der Waals surface area contributed by atoms with Crippen LogP contribution in [0.3, 0.4) is 0 Å². The third-order valence-corrected chi connectivity index (χ3v) is 4.99. The number of hydrogen-bond acceptors (Lipinski definition) is 4. The van der Waals surface area contributed by atoms with Gasteiger partial charge in [0.25, 0.3) is 0 Å². The molecule has 0 unspecified atom stereocenters. The van der Waals surface area contributed by atoms with Crippen molar-refractivity contribution in [2.45, 2.75) is 30.9 Å². The number of aromatic nitrogens is 1. The Morgan fingerprint density at radius 2 is 2.15 bits per heavy atom. The SMILES string of the molecule is CCS(=O)(=O)c1scnc1C(C)C. The third kappa shape index (κ3) is 2.08. The largest absolute Gasteiger partial charge is 0.248 e. The summed E-state index contributed by atoms with van der Waals surface area (Å²) in [5.74, 6) is 0.317. The van der Waals surface area contributed by atoms with Crippen LogP contribution in [-0.2, 0) is 9.84 Å². The monoisotopic (exact) mass is 219 g/mol. The Kier molecular flexibility index (Phi) is 3.08. The maximum atomic E-state index is 11.6. The molecule has 0 aromatic carbocycles. The standard InChI is InChI=1S/C8H13NO2S2/c1-4-13(10,11)8-7(6(2)3)9-5-12-8/h5-6H,4H2,1-3H3. The van der Waals surface area contributed by atoms with E-state index in [0.717, 1.165) is 0 Å². The fourth-order valence-corrected chi connectivity index (χ4v) is 3.60. The molecule has 0 amide bonds. The molecule has 0 saturated heterocycles. The molecule has 5 heteroatoms. The van der Waals surface area contributed by atoms with E-state index in [2.05, 4.69) is 4.98 Å². The van der Waals surface area contributed by atoms with Gasteiger partial charge in [0, 0.05) is 0 Å². The van der Waals surface area contributed by atoms with Gasteiger partial charge in [0.1, 0.15) is 4.21 Å². The molecule has 0 saturated carbocycles. The summed E-state index contributed by atoms with van der Waals surface area (Å²) in [6.07, 6.45) is 0. The van der Waals surface area contributed by atoms with Crippen LogP contribution < -0.4 is 0 Å². The van der Waals surface area contributed by atoms with Crippen LogP contribution in [0.15, 0.2) is 9.72 Å². The van der Waals surface area contributed by atoms with Crippen molar-refractivity contribution in [3.63, 3.8) is 0 Å². The van der Waals surface area contributed by atoms with E-state index in [1.54, 1.807) is 12.4 Å². The van der Waals surface area contributed by atoms with Crippen molar-refractivity contribution < 1.29 is 8.42 Å². The van der Waals surface area contributed by atoms with Gasteiger partial charge in [-0.15, -0.1) is 11.3 Å². The van der Waals surface area contributed by atoms with Crippen molar-refractivity contribution in [2.24, 2.45) is 0 Å². The second-order valence-corrected chi connectivity index (χ2v) is 6.41. The summed E-state index contributed by atoms with van der Waals surface area (Å²) in [6, 6.07) is 0. The topological polar surface area (TPSA) is 47.0 Å². The summed E-state index contributed by atoms with van der Waals surface area (Å²) in [5, 5.41) is 0. The molecule has 1 aromatic rings. The molecule has 0 aliphatic heterocycles. The fourth-order valence-electron chi connectivity index (χ4n) is 0.993. The van der Waals surface area contributed by atoms with Crippen LogP contribution in [0.1, 0.15) is 32.4 Å². The maximum absolute atomic E-state index is 11.6. The van der Waals surface area contributed by atoms with E-state index >= 15 is 0 Å². The molecule has 0 bridgehead atoms. The van der Waals surface area contributed by atoms with Crippen LogP contribution in [0.25, 0.3) is 0 Å². The molecule has 74 valence electrons. The van der Waals surface area contributed by atoms with Gasteiger partial charge >= 0.3 is 0 Å². The van der Waals surface area contributed by atoms with Gasteiger partial charge in [0.05, 0.1) is 17.0 Å². The van der Waals surface area contributed by atoms with E-state index in [-0.39, 0.29) is 11.7 Å². The molecule has 0 atom stereocenters. The van der Waals surface area contributed by atoms with Gasteiger partial charge in [0.15, 0.2) is 9.84 Å². The van der Waals surface area contributed by atoms with Gasteiger partial charge in [-0.3, -0.25) is 0 Å². The van der Waals surface area contributed by atoms with Crippen molar-refractivity contribution in [1.82, 2.24) is 4.98 Å². The molecule has 0 aliphatic carbocycles. The molecule has 0 fully saturated rings. The van der Waals surface area contributed by atoms with Crippen molar-refractivity contribution in [3.8, 4) is 0 Å². The minimum Gasteiger partial charge on any atom is -0.248 e. The Morgan fingerprint density at radius 3 is 2.62 bits per heavy atom. The lowest BCUT2D eigenvalue weighted by molar-refractivity contribution is 0.597. The zero-order valence-corrected chi connectivity index (χ0v) is 9.58. The van der Waals surface area contributed by atoms with Gasteiger partial charge in [-0.25, -0.2) is 13.4 Å². The lowest BCUT2D eigenvalue weighted by Gasteiger charge is -2.04. The fraction of sp³-hybridized carbons (Fsp3) is 0.625. The predicted octanol–water partition coefficient (Wildman–Crippen LogP) is 2.06. The first kappa shape index (κ1) is 10.7. The Labute approximate surface area is 82.7 Å². The Bertz CT molecular complexity index is 379. The van der Waals surface area contributed by atoms with E-state index in [1.165, 1.54) is 11.3 Å². The average Bonchev–Trinajstić information content (AvgIpc) is 2.52. The van der Waals surface area contributed by atoms with Gasteiger partial charge < -0.3 is 0 Å². The van der Waals surface area contributed by atoms with Crippen LogP contribution in [0.4, 0.5) is 0 Å². The quantitative estimate of drug-likeness (QED) is 0.781. The van der Waals surface area contributed by atoms with E-state index in [0.29, 0.717) is 9.90 Å². The van der Waals surface area contributed by atoms with Crippen LogP contribution in [-0.4, -0.2) is 19.2 Å². The van der Waals surface area contributed by atoms with Crippen LogP contribution in [0.5, 0.6) is 0 Å². The highest BCUT2D eigenvalue weighted by Crippen LogP contribution is 2.26. The molecule has 3 nitrogen and oxygen atoms in total. The molecule has 0 spiro atoms. The Hall–Kier alpha value is -0.420. The molecule has 0 aliphatic rings. The summed E-state index contributed by atoms with van der Waals surface area (Å²) in [7, 11) is -3.07. The first-order chi connectivity index (χ1) is 5.99. The van der Waals surface area contributed by atoms with Crippen LogP contribution >= 0.6 is 11.3 Å². The van der Waals surface area contributed by atoms with Crippen LogP contribution in [0, 0.1) is 0 Å². The Morgan fingerprint density at radius 1 is 1.54 bits per heavy atom. The maximum Gasteiger partial charge on any atom is 0.189 e. The highest BCUT2D eigenvalue weighted by Gasteiger charge is 2.20. The first-order valence-corrected chi connectivity index (χ1v) is 6.68. The average molecular weight is 219 g/mol. The molecule has 1 heterocycles. The van der Waals surface area contributed by atoms with Gasteiger partial charge in [-0.05, 0) is 5.92 Å². The van der Waals surface area contributed by atoms with E-state index < -0.39 is 9.84 Å². The zero-order valence-electron chi connectivity index (χ0n) is 7.94. The molecular weight excluding hydrogens is 206 g/mol. The van der Waals surface area contributed by atoms with Crippen molar-refractivity contribution in [2.75, 3.05) is 5.75 Å². The van der Waals surface area contributed by atoms with Crippen LogP contribution in [0.2, 0.25) is 0 Å². The van der Waals surface area contributed by atoms with E-state index in [9.17, 15) is 8.42 Å². The number of hydrogen-bond donors (Lipinski definition) is 0. The summed E-state index contributed by atoms with van der Waals surface area (Å²) in [5.41, 5.74) is 2.30. The van der Waals surface area contributed by atoms with E-state index in [1.807, 2.05) is 13.8 Å². The summed E-state index contributed by atoms with van der Waals surface area (Å²) in [4.78, 5) is 4.07. The lowest BCUT2D eigenvalue weighted by atomic mass is 10.2. The third-order valence-electron chi connectivity index (χ3n) is 1.77. The summed E-state index contributed by atoms with van der Waals surface area (Å²) >= 11 is 1.21. The van der Waals surface area contributed by atoms with Gasteiger partial charge in [0.2, 0.25) is 0 Å². The molecule has 0 radical (unpaired) electrons. The van der Waals surface area contributed by atoms with Gasteiger partial charge in [-0.1, -0.05) is 20.8 Å². The Balaban J connectivity index is 3.23. The molecular formula is C8H13NO2S2. The molecule has 13 heavy (non-hydrogen) atoms. The lowest BCUT2D eigenvalue weighted by Crippen LogP contribution is -2.05.